The van der Waals surface area contributed by atoms with E-state index in [-0.39, 0.29) is 5.25 Å². The highest BCUT2D eigenvalue weighted by Gasteiger charge is 2.17. The third kappa shape index (κ3) is 2.74. The minimum atomic E-state index is -1.18. The molecule has 2 aromatic carbocycles. The molecule has 2 N–H and O–H groups in total. The van der Waals surface area contributed by atoms with E-state index < -0.39 is 10.8 Å². The van der Waals surface area contributed by atoms with Crippen molar-refractivity contribution in [2.45, 2.75) is 17.1 Å². The molecule has 0 saturated heterocycles. The van der Waals surface area contributed by atoms with Crippen LogP contribution in [0.1, 0.15) is 17.7 Å². The quantitative estimate of drug-likeness (QED) is 0.869. The molecule has 18 heavy (non-hydrogen) atoms. The molecule has 0 aliphatic carbocycles. The van der Waals surface area contributed by atoms with Crippen molar-refractivity contribution in [3.8, 4) is 0 Å². The van der Waals surface area contributed by atoms with E-state index in [0.717, 1.165) is 5.56 Å². The Kier molecular flexibility index (Phi) is 4.04. The van der Waals surface area contributed by atoms with Gasteiger partial charge in [0.2, 0.25) is 0 Å². The van der Waals surface area contributed by atoms with E-state index in [1.807, 2.05) is 37.3 Å². The highest BCUT2D eigenvalue weighted by molar-refractivity contribution is 7.85. The van der Waals surface area contributed by atoms with Gasteiger partial charge in [0.15, 0.2) is 0 Å². The summed E-state index contributed by atoms with van der Waals surface area (Å²) in [6.45, 7) is 1.93. The number of rotatable bonds is 3. The van der Waals surface area contributed by atoms with Gasteiger partial charge in [0.05, 0.1) is 20.9 Å². The first-order chi connectivity index (χ1) is 8.59. The Labute approximate surface area is 114 Å². The molecule has 0 aliphatic heterocycles. The summed E-state index contributed by atoms with van der Waals surface area (Å²) in [5, 5.41) is 0.454. The van der Waals surface area contributed by atoms with E-state index in [0.29, 0.717) is 15.6 Å². The number of hydrogen-bond acceptors (Lipinski definition) is 2. The zero-order valence-electron chi connectivity index (χ0n) is 9.97. The van der Waals surface area contributed by atoms with Gasteiger partial charge in [-0.05, 0) is 30.7 Å². The standard InChI is InChI=1S/C14H14ClNOS/c1-10(11-5-3-2-4-6-11)18(17)14-8-7-12(15)9-13(14)16/h2-10H,16H2,1H3. The molecule has 0 fully saturated rings. The van der Waals surface area contributed by atoms with Crippen molar-refractivity contribution in [1.29, 1.82) is 0 Å². The van der Waals surface area contributed by atoms with Crippen LogP contribution in [0.3, 0.4) is 0 Å². The summed E-state index contributed by atoms with van der Waals surface area (Å²) in [7, 11) is -1.18. The van der Waals surface area contributed by atoms with Gasteiger partial charge in [0.1, 0.15) is 0 Å². The van der Waals surface area contributed by atoms with Crippen LogP contribution in [0, 0.1) is 0 Å². The topological polar surface area (TPSA) is 43.1 Å². The fourth-order valence-corrected chi connectivity index (χ4v) is 3.20. The van der Waals surface area contributed by atoms with Gasteiger partial charge in [-0.25, -0.2) is 0 Å². The number of halogens is 1. The summed E-state index contributed by atoms with van der Waals surface area (Å²) in [5.41, 5.74) is 7.37. The molecule has 0 radical (unpaired) electrons. The zero-order chi connectivity index (χ0) is 13.1. The van der Waals surface area contributed by atoms with Crippen molar-refractivity contribution in [1.82, 2.24) is 0 Å². The third-order valence-corrected chi connectivity index (χ3v) is 4.73. The van der Waals surface area contributed by atoms with Crippen molar-refractivity contribution in [2.75, 3.05) is 5.73 Å². The molecule has 4 heteroatoms. The highest BCUT2D eigenvalue weighted by Crippen LogP contribution is 2.29. The summed E-state index contributed by atoms with van der Waals surface area (Å²) in [4.78, 5) is 0.635. The maximum atomic E-state index is 12.5. The van der Waals surface area contributed by atoms with E-state index in [4.69, 9.17) is 17.3 Å². The molecule has 94 valence electrons. The highest BCUT2D eigenvalue weighted by atomic mass is 35.5. The van der Waals surface area contributed by atoms with Crippen LogP contribution in [0.15, 0.2) is 53.4 Å². The lowest BCUT2D eigenvalue weighted by atomic mass is 10.2. The van der Waals surface area contributed by atoms with Crippen LogP contribution in [0.25, 0.3) is 0 Å². The van der Waals surface area contributed by atoms with Gasteiger partial charge in [-0.2, -0.15) is 0 Å². The molecular formula is C14H14ClNOS. The molecule has 2 unspecified atom stereocenters. The molecule has 2 rings (SSSR count). The van der Waals surface area contributed by atoms with Gasteiger partial charge in [-0.1, -0.05) is 41.9 Å². The van der Waals surface area contributed by atoms with Crippen molar-refractivity contribution >= 4 is 28.1 Å². The maximum Gasteiger partial charge on any atom is 0.0624 e. The normalized spacial score (nSPS) is 14.1. The Morgan fingerprint density at radius 3 is 2.44 bits per heavy atom. The fraction of sp³-hybridized carbons (Fsp3) is 0.143. The monoisotopic (exact) mass is 279 g/mol. The molecule has 0 heterocycles. The number of nitrogens with two attached hydrogens (primary N) is 1. The first-order valence-corrected chi connectivity index (χ1v) is 7.19. The SMILES string of the molecule is CC(c1ccccc1)S(=O)c1ccc(Cl)cc1N. The average Bonchev–Trinajstić information content (AvgIpc) is 2.38. The number of anilines is 1. The van der Waals surface area contributed by atoms with Crippen LogP contribution in [0.2, 0.25) is 5.02 Å². The van der Waals surface area contributed by atoms with Gasteiger partial charge >= 0.3 is 0 Å². The van der Waals surface area contributed by atoms with Crippen molar-refractivity contribution in [2.24, 2.45) is 0 Å². The molecule has 0 aliphatic rings. The van der Waals surface area contributed by atoms with Crippen LogP contribution >= 0.6 is 11.6 Å². The predicted octanol–water partition coefficient (Wildman–Crippen LogP) is 3.79. The largest absolute Gasteiger partial charge is 0.398 e. The van der Waals surface area contributed by atoms with Crippen molar-refractivity contribution < 1.29 is 4.21 Å². The van der Waals surface area contributed by atoms with Crippen LogP contribution in [0.5, 0.6) is 0 Å². The smallest absolute Gasteiger partial charge is 0.0624 e. The molecule has 0 aromatic heterocycles. The van der Waals surface area contributed by atoms with Crippen LogP contribution < -0.4 is 5.73 Å². The Morgan fingerprint density at radius 2 is 1.83 bits per heavy atom. The Morgan fingerprint density at radius 1 is 1.17 bits per heavy atom. The van der Waals surface area contributed by atoms with Crippen LogP contribution in [-0.4, -0.2) is 4.21 Å². The Bertz CT molecular complexity index is 571. The minimum absolute atomic E-state index is 0.102. The summed E-state index contributed by atoms with van der Waals surface area (Å²) in [6, 6.07) is 14.8. The summed E-state index contributed by atoms with van der Waals surface area (Å²) in [6.07, 6.45) is 0. The van der Waals surface area contributed by atoms with Gasteiger partial charge in [0, 0.05) is 10.7 Å². The van der Waals surface area contributed by atoms with Gasteiger partial charge in [-0.15, -0.1) is 0 Å². The molecule has 0 bridgehead atoms. The van der Waals surface area contributed by atoms with E-state index in [1.54, 1.807) is 18.2 Å². The van der Waals surface area contributed by atoms with E-state index in [2.05, 4.69) is 0 Å². The first kappa shape index (κ1) is 13.1. The lowest BCUT2D eigenvalue weighted by molar-refractivity contribution is 0.676. The lowest BCUT2D eigenvalue weighted by Gasteiger charge is -2.13. The average molecular weight is 280 g/mol. The maximum absolute atomic E-state index is 12.5. The van der Waals surface area contributed by atoms with Crippen molar-refractivity contribution in [3.63, 3.8) is 0 Å². The van der Waals surface area contributed by atoms with Crippen LogP contribution in [0.4, 0.5) is 5.69 Å². The van der Waals surface area contributed by atoms with E-state index in [9.17, 15) is 4.21 Å². The minimum Gasteiger partial charge on any atom is -0.398 e. The van der Waals surface area contributed by atoms with Crippen molar-refractivity contribution in [3.05, 3.63) is 59.1 Å². The summed E-state index contributed by atoms with van der Waals surface area (Å²) >= 11 is 5.84. The Hall–Kier alpha value is -1.32. The molecular weight excluding hydrogens is 266 g/mol. The molecule has 2 nitrogen and oxygen atoms in total. The molecule has 0 saturated carbocycles. The summed E-state index contributed by atoms with van der Waals surface area (Å²) < 4.78 is 12.5. The molecule has 0 spiro atoms. The summed E-state index contributed by atoms with van der Waals surface area (Å²) in [5.74, 6) is 0. The molecule has 2 aromatic rings. The van der Waals surface area contributed by atoms with Gasteiger partial charge in [-0.3, -0.25) is 4.21 Å². The molecule has 0 amide bonds. The number of benzene rings is 2. The Balaban J connectivity index is 2.32. The molecule has 2 atom stereocenters. The van der Waals surface area contributed by atoms with Gasteiger partial charge < -0.3 is 5.73 Å². The van der Waals surface area contributed by atoms with E-state index in [1.165, 1.54) is 0 Å². The van der Waals surface area contributed by atoms with E-state index >= 15 is 0 Å². The van der Waals surface area contributed by atoms with Crippen LogP contribution in [-0.2, 0) is 10.8 Å². The number of hydrogen-bond donors (Lipinski definition) is 1. The second-order valence-electron chi connectivity index (χ2n) is 4.03. The first-order valence-electron chi connectivity index (χ1n) is 5.60. The lowest BCUT2D eigenvalue weighted by Crippen LogP contribution is -2.05. The fourth-order valence-electron chi connectivity index (χ4n) is 1.74. The second-order valence-corrected chi connectivity index (χ2v) is 6.21. The predicted molar refractivity (Wildman–Crippen MR) is 77.1 cm³/mol. The second kappa shape index (κ2) is 5.55. The van der Waals surface area contributed by atoms with Gasteiger partial charge in [0.25, 0.3) is 0 Å². The third-order valence-electron chi connectivity index (χ3n) is 2.78. The number of nitrogen functional groups attached to an aromatic ring is 1. The zero-order valence-corrected chi connectivity index (χ0v) is 11.5.